The van der Waals surface area contributed by atoms with Crippen molar-refractivity contribution in [3.63, 3.8) is 0 Å². The lowest BCUT2D eigenvalue weighted by molar-refractivity contribution is -0.165. The number of nitrogens with two attached hydrogens (primary N) is 1. The largest absolute Gasteiger partial charge is 0.479 e. The lowest BCUT2D eigenvalue weighted by atomic mass is 10.1. The number of aliphatic hydroxyl groups is 2. The van der Waals surface area contributed by atoms with Gasteiger partial charge in [0.2, 0.25) is 11.8 Å². The number of aliphatic hydroxyl groups excluding tert-OH is 2. The highest BCUT2D eigenvalue weighted by Gasteiger charge is 2.29. The lowest BCUT2D eigenvalue weighted by Crippen LogP contribution is -2.45. The molecule has 1 saturated heterocycles. The molecule has 0 radical (unpaired) electrons. The zero-order valence-corrected chi connectivity index (χ0v) is 17.9. The van der Waals surface area contributed by atoms with Gasteiger partial charge in [-0.15, -0.1) is 0 Å². The van der Waals surface area contributed by atoms with Gasteiger partial charge in [0.15, 0.2) is 12.2 Å². The van der Waals surface area contributed by atoms with Crippen molar-refractivity contribution in [2.24, 2.45) is 5.73 Å². The first-order valence-electron chi connectivity index (χ1n) is 10.1. The van der Waals surface area contributed by atoms with E-state index in [4.69, 9.17) is 26.2 Å². The number of aliphatic carboxylic acids is 2. The first-order valence-corrected chi connectivity index (χ1v) is 10.1. The number of carboxylic acids is 2. The van der Waals surface area contributed by atoms with Gasteiger partial charge in [0.1, 0.15) is 0 Å². The van der Waals surface area contributed by atoms with Gasteiger partial charge in [-0.1, -0.05) is 18.2 Å². The summed E-state index contributed by atoms with van der Waals surface area (Å²) < 4.78 is 15.1. The quantitative estimate of drug-likeness (QED) is 0.345. The molecule has 34 heavy (non-hydrogen) atoms. The number of carbonyl (C=O) groups is 2. The van der Waals surface area contributed by atoms with Crippen LogP contribution in [0.1, 0.15) is 24.0 Å². The third-order valence-corrected chi connectivity index (χ3v) is 5.00. The number of piperidine rings is 1. The van der Waals surface area contributed by atoms with E-state index in [1.165, 1.54) is 4.57 Å². The molecule has 13 heteroatoms. The number of carboxylic acid groups (broad SMARTS) is 2. The van der Waals surface area contributed by atoms with Gasteiger partial charge in [-0.2, -0.15) is 9.65 Å². The Hall–Kier alpha value is -3.86. The number of nitrogens with zero attached hydrogens (tertiary/aromatic N) is 4. The molecule has 182 valence electrons. The van der Waals surface area contributed by atoms with Crippen LogP contribution in [0.15, 0.2) is 35.3 Å². The van der Waals surface area contributed by atoms with Crippen LogP contribution in [0.3, 0.4) is 0 Å². The van der Waals surface area contributed by atoms with E-state index in [1.807, 2.05) is 4.90 Å². The number of rotatable bonds is 6. The maximum absolute atomic E-state index is 13.8. The van der Waals surface area contributed by atoms with Crippen LogP contribution in [0.25, 0.3) is 0 Å². The number of hydrogen-bond donors (Lipinski definition) is 5. The number of anilines is 1. The number of hydrogen-bond acceptors (Lipinski definition) is 9. The van der Waals surface area contributed by atoms with Crippen molar-refractivity contribution in [1.29, 1.82) is 5.26 Å². The fraction of sp³-hybridized carbons (Fsp3) is 0.381. The summed E-state index contributed by atoms with van der Waals surface area (Å²) in [7, 11) is 0. The van der Waals surface area contributed by atoms with Crippen LogP contribution in [-0.4, -0.2) is 73.3 Å². The first-order chi connectivity index (χ1) is 16.1. The van der Waals surface area contributed by atoms with E-state index in [0.717, 1.165) is 19.0 Å². The summed E-state index contributed by atoms with van der Waals surface area (Å²) >= 11 is 0. The van der Waals surface area contributed by atoms with Crippen LogP contribution in [0.5, 0.6) is 0 Å². The smallest absolute Gasteiger partial charge is 0.335 e. The molecule has 0 amide bonds. The molecule has 6 N–H and O–H groups in total. The minimum atomic E-state index is -2.27. The van der Waals surface area contributed by atoms with Gasteiger partial charge in [-0.05, 0) is 24.5 Å². The van der Waals surface area contributed by atoms with Crippen LogP contribution in [-0.2, 0) is 16.1 Å². The predicted octanol–water partition coefficient (Wildman–Crippen LogP) is -0.893. The summed E-state index contributed by atoms with van der Waals surface area (Å²) in [6.45, 7) is 1.37. The van der Waals surface area contributed by atoms with Crippen molar-refractivity contribution in [2.75, 3.05) is 18.0 Å². The maximum atomic E-state index is 13.8. The summed E-state index contributed by atoms with van der Waals surface area (Å²) in [6.07, 6.45) is -1.78. The second-order valence-electron chi connectivity index (χ2n) is 7.48. The Balaban J connectivity index is 0.000000347. The molecular weight excluding hydrogens is 453 g/mol. The monoisotopic (exact) mass is 477 g/mol. The zero-order chi connectivity index (χ0) is 25.4. The predicted molar refractivity (Wildman–Crippen MR) is 115 cm³/mol. The standard InChI is InChI=1S/C17H18FN5O.C4H6O6/c18-15-9-21-17(22-7-3-6-14(20)11-22)23(16(15)24)10-13-5-2-1-4-12(13)8-19;5-1(3(7)8)2(6)4(9)10/h1-2,4-5,9,14H,3,6-7,10-11,20H2;1-2,5-6H,(H,7,8)(H,9,10)/t14-;/m1./s1. The highest BCUT2D eigenvalue weighted by atomic mass is 19.1. The minimum absolute atomic E-state index is 0.000509. The van der Waals surface area contributed by atoms with Gasteiger partial charge >= 0.3 is 11.9 Å². The van der Waals surface area contributed by atoms with Crippen LogP contribution >= 0.6 is 0 Å². The van der Waals surface area contributed by atoms with Crippen LogP contribution in [0.2, 0.25) is 0 Å². The molecule has 2 aromatic rings. The average molecular weight is 477 g/mol. The summed E-state index contributed by atoms with van der Waals surface area (Å²) in [6, 6.07) is 9.05. The highest BCUT2D eigenvalue weighted by molar-refractivity contribution is 5.83. The maximum Gasteiger partial charge on any atom is 0.335 e. The number of benzene rings is 1. The van der Waals surface area contributed by atoms with Crippen molar-refractivity contribution >= 4 is 17.9 Å². The van der Waals surface area contributed by atoms with E-state index in [2.05, 4.69) is 11.1 Å². The summed E-state index contributed by atoms with van der Waals surface area (Å²) in [5.41, 5.74) is 6.36. The molecule has 0 bridgehead atoms. The van der Waals surface area contributed by atoms with E-state index in [-0.39, 0.29) is 12.6 Å². The average Bonchev–Trinajstić information content (AvgIpc) is 2.81. The SMILES string of the molecule is N#Cc1ccccc1Cn1c(N2CCC[C@@H](N)C2)ncc(F)c1=O.O=C(O)C(O)C(O)C(=O)O. The van der Waals surface area contributed by atoms with Gasteiger partial charge in [-0.3, -0.25) is 9.36 Å². The fourth-order valence-electron chi connectivity index (χ4n) is 3.25. The van der Waals surface area contributed by atoms with Gasteiger partial charge in [0.05, 0.1) is 24.4 Å². The van der Waals surface area contributed by atoms with E-state index < -0.39 is 35.5 Å². The molecule has 1 aromatic heterocycles. The normalized spacial score (nSPS) is 17.0. The minimum Gasteiger partial charge on any atom is -0.479 e. The first kappa shape index (κ1) is 26.4. The van der Waals surface area contributed by atoms with Crippen molar-refractivity contribution in [3.8, 4) is 6.07 Å². The molecule has 1 aromatic carbocycles. The van der Waals surface area contributed by atoms with E-state index in [9.17, 15) is 24.0 Å². The van der Waals surface area contributed by atoms with Crippen LogP contribution in [0, 0.1) is 17.1 Å². The Morgan fingerprint density at radius 1 is 1.24 bits per heavy atom. The van der Waals surface area contributed by atoms with Gasteiger partial charge in [0, 0.05) is 19.1 Å². The lowest BCUT2D eigenvalue weighted by Gasteiger charge is -2.32. The van der Waals surface area contributed by atoms with Gasteiger partial charge in [-0.25, -0.2) is 14.6 Å². The molecule has 1 aliphatic heterocycles. The Kier molecular flexibility index (Phi) is 9.19. The highest BCUT2D eigenvalue weighted by Crippen LogP contribution is 2.18. The second kappa shape index (κ2) is 11.8. The molecule has 3 atom stereocenters. The summed E-state index contributed by atoms with van der Waals surface area (Å²) in [4.78, 5) is 37.9. The molecule has 12 nitrogen and oxygen atoms in total. The van der Waals surface area contributed by atoms with E-state index in [0.29, 0.717) is 30.2 Å². The Labute approximate surface area is 192 Å². The Morgan fingerprint density at radius 3 is 2.41 bits per heavy atom. The van der Waals surface area contributed by atoms with Crippen molar-refractivity contribution < 1.29 is 34.4 Å². The number of aromatic nitrogens is 2. The Morgan fingerprint density at radius 2 is 1.85 bits per heavy atom. The Bertz CT molecular complexity index is 1120. The molecule has 1 fully saturated rings. The molecule has 3 rings (SSSR count). The van der Waals surface area contributed by atoms with E-state index in [1.54, 1.807) is 24.3 Å². The zero-order valence-electron chi connectivity index (χ0n) is 17.9. The molecule has 0 spiro atoms. The molecule has 0 saturated carbocycles. The van der Waals surface area contributed by atoms with Crippen LogP contribution < -0.4 is 16.2 Å². The molecule has 1 aliphatic rings. The van der Waals surface area contributed by atoms with Crippen LogP contribution in [0.4, 0.5) is 10.3 Å². The topological polar surface area (TPSA) is 203 Å². The van der Waals surface area contributed by atoms with Crippen molar-refractivity contribution in [1.82, 2.24) is 9.55 Å². The van der Waals surface area contributed by atoms with E-state index >= 15 is 0 Å². The number of halogens is 1. The molecule has 0 aliphatic carbocycles. The third kappa shape index (κ3) is 6.58. The van der Waals surface area contributed by atoms with Crippen molar-refractivity contribution in [3.05, 3.63) is 57.8 Å². The fourth-order valence-corrected chi connectivity index (χ4v) is 3.25. The number of nitriles is 1. The summed E-state index contributed by atoms with van der Waals surface area (Å²) in [5, 5.41) is 41.7. The molecule has 2 heterocycles. The van der Waals surface area contributed by atoms with Gasteiger partial charge < -0.3 is 31.1 Å². The third-order valence-electron chi connectivity index (χ3n) is 5.00. The summed E-state index contributed by atoms with van der Waals surface area (Å²) in [5.74, 6) is -4.05. The van der Waals surface area contributed by atoms with Gasteiger partial charge in [0.25, 0.3) is 5.56 Å². The molecular formula is C21H24FN5O7. The second-order valence-corrected chi connectivity index (χ2v) is 7.48. The molecule has 2 unspecified atom stereocenters. The van der Waals surface area contributed by atoms with Crippen molar-refractivity contribution in [2.45, 2.75) is 37.6 Å².